The van der Waals surface area contributed by atoms with Gasteiger partial charge in [0.15, 0.2) is 0 Å². The van der Waals surface area contributed by atoms with Gasteiger partial charge in [0.05, 0.1) is 12.2 Å². The molecule has 0 bridgehead atoms. The van der Waals surface area contributed by atoms with Crippen LogP contribution in [0.25, 0.3) is 11.4 Å². The summed E-state index contributed by atoms with van der Waals surface area (Å²) in [6.45, 7) is 11.1. The first-order valence-corrected chi connectivity index (χ1v) is 8.13. The van der Waals surface area contributed by atoms with E-state index in [1.165, 1.54) is 43.1 Å². The lowest BCUT2D eigenvalue weighted by Crippen LogP contribution is -2.45. The van der Waals surface area contributed by atoms with Crippen LogP contribution < -0.4 is 0 Å². The van der Waals surface area contributed by atoms with Gasteiger partial charge < -0.3 is 9.47 Å². The molecule has 1 aliphatic rings. The van der Waals surface area contributed by atoms with Crippen molar-refractivity contribution < 1.29 is 0 Å². The third-order valence-electron chi connectivity index (χ3n) is 4.92. The number of rotatable bonds is 4. The molecule has 2 aromatic heterocycles. The summed E-state index contributed by atoms with van der Waals surface area (Å²) in [5.41, 5.74) is 4.88. The highest BCUT2D eigenvalue weighted by atomic mass is 15.3. The van der Waals surface area contributed by atoms with E-state index in [9.17, 15) is 0 Å². The van der Waals surface area contributed by atoms with Crippen LogP contribution in [0, 0.1) is 13.8 Å². The lowest BCUT2D eigenvalue weighted by molar-refractivity contribution is 0.148. The molecule has 5 nitrogen and oxygen atoms in total. The number of piperazine rings is 1. The Morgan fingerprint density at radius 3 is 2.41 bits per heavy atom. The minimum Gasteiger partial charge on any atom is -0.349 e. The van der Waals surface area contributed by atoms with Crippen LogP contribution >= 0.6 is 0 Å². The average molecular weight is 301 g/mol. The molecule has 1 saturated heterocycles. The van der Waals surface area contributed by atoms with E-state index in [1.807, 2.05) is 0 Å². The molecular weight excluding hydrogens is 274 g/mol. The molecule has 0 saturated carbocycles. The van der Waals surface area contributed by atoms with Crippen molar-refractivity contribution in [3.8, 4) is 11.4 Å². The van der Waals surface area contributed by atoms with Gasteiger partial charge in [0.25, 0.3) is 0 Å². The molecule has 5 heteroatoms. The normalized spacial score (nSPS) is 17.3. The van der Waals surface area contributed by atoms with Gasteiger partial charge in [0, 0.05) is 51.7 Å². The third kappa shape index (κ3) is 2.96. The Labute approximate surface area is 133 Å². The number of hydrogen-bond donors (Lipinski definition) is 0. The van der Waals surface area contributed by atoms with Crippen molar-refractivity contribution in [1.29, 1.82) is 0 Å². The molecule has 22 heavy (non-hydrogen) atoms. The molecule has 0 unspecified atom stereocenters. The summed E-state index contributed by atoms with van der Waals surface area (Å²) < 4.78 is 4.32. The van der Waals surface area contributed by atoms with Crippen LogP contribution in [0.2, 0.25) is 0 Å². The highest BCUT2D eigenvalue weighted by molar-refractivity contribution is 5.60. The summed E-state index contributed by atoms with van der Waals surface area (Å²) in [5.74, 6) is 0. The SMILES string of the molecule is Cc1c(-c2cccn2C)nn(CCN2CCN(C)CC2)c1C. The van der Waals surface area contributed by atoms with Crippen molar-refractivity contribution in [3.05, 3.63) is 29.6 Å². The quantitative estimate of drug-likeness (QED) is 0.861. The van der Waals surface area contributed by atoms with Crippen molar-refractivity contribution in [2.24, 2.45) is 7.05 Å². The van der Waals surface area contributed by atoms with Crippen LogP contribution in [0.4, 0.5) is 0 Å². The Bertz CT molecular complexity index is 632. The molecule has 3 heterocycles. The van der Waals surface area contributed by atoms with Gasteiger partial charge in [-0.05, 0) is 38.6 Å². The minimum absolute atomic E-state index is 0.973. The maximum atomic E-state index is 4.87. The maximum absolute atomic E-state index is 4.87. The maximum Gasteiger partial charge on any atom is 0.112 e. The van der Waals surface area contributed by atoms with Gasteiger partial charge in [-0.1, -0.05) is 0 Å². The summed E-state index contributed by atoms with van der Waals surface area (Å²) in [5, 5.41) is 4.87. The summed E-state index contributed by atoms with van der Waals surface area (Å²) in [6, 6.07) is 4.22. The minimum atomic E-state index is 0.973. The Morgan fingerprint density at radius 1 is 1.05 bits per heavy atom. The van der Waals surface area contributed by atoms with Gasteiger partial charge in [-0.25, -0.2) is 0 Å². The molecule has 0 radical (unpaired) electrons. The summed E-state index contributed by atoms with van der Waals surface area (Å²) in [6.07, 6.45) is 2.08. The molecule has 120 valence electrons. The van der Waals surface area contributed by atoms with Crippen molar-refractivity contribution in [2.45, 2.75) is 20.4 Å². The van der Waals surface area contributed by atoms with Crippen molar-refractivity contribution >= 4 is 0 Å². The fourth-order valence-electron chi connectivity index (χ4n) is 3.11. The van der Waals surface area contributed by atoms with Crippen molar-refractivity contribution in [1.82, 2.24) is 24.1 Å². The fraction of sp³-hybridized carbons (Fsp3) is 0.588. The molecule has 0 aromatic carbocycles. The van der Waals surface area contributed by atoms with Gasteiger partial charge in [0.1, 0.15) is 5.69 Å². The van der Waals surface area contributed by atoms with Gasteiger partial charge >= 0.3 is 0 Å². The van der Waals surface area contributed by atoms with Gasteiger partial charge in [0.2, 0.25) is 0 Å². The van der Waals surface area contributed by atoms with E-state index in [2.05, 4.69) is 65.3 Å². The van der Waals surface area contributed by atoms with Crippen LogP contribution in [0.15, 0.2) is 18.3 Å². The highest BCUT2D eigenvalue weighted by Crippen LogP contribution is 2.24. The second-order valence-electron chi connectivity index (χ2n) is 6.43. The van der Waals surface area contributed by atoms with E-state index in [0.29, 0.717) is 0 Å². The van der Waals surface area contributed by atoms with Gasteiger partial charge in [-0.2, -0.15) is 5.10 Å². The van der Waals surface area contributed by atoms with Crippen molar-refractivity contribution in [2.75, 3.05) is 39.8 Å². The van der Waals surface area contributed by atoms with E-state index < -0.39 is 0 Å². The summed E-state index contributed by atoms with van der Waals surface area (Å²) in [7, 11) is 4.28. The van der Waals surface area contributed by atoms with Crippen LogP contribution in [0.3, 0.4) is 0 Å². The zero-order chi connectivity index (χ0) is 15.7. The Morgan fingerprint density at radius 2 is 1.77 bits per heavy atom. The van der Waals surface area contributed by atoms with Crippen molar-refractivity contribution in [3.63, 3.8) is 0 Å². The molecule has 1 fully saturated rings. The molecule has 0 spiro atoms. The first-order valence-electron chi connectivity index (χ1n) is 8.13. The van der Waals surface area contributed by atoms with E-state index in [1.54, 1.807) is 0 Å². The molecule has 0 N–H and O–H groups in total. The Hall–Kier alpha value is -1.59. The fourth-order valence-corrected chi connectivity index (χ4v) is 3.11. The number of hydrogen-bond acceptors (Lipinski definition) is 3. The molecular formula is C17H27N5. The standard InChI is InChI=1S/C17H27N5/c1-14-15(2)22(13-12-21-10-8-19(3)9-11-21)18-17(14)16-6-5-7-20(16)4/h5-7H,8-13H2,1-4H3. The summed E-state index contributed by atoms with van der Waals surface area (Å²) in [4.78, 5) is 4.94. The topological polar surface area (TPSA) is 29.2 Å². The zero-order valence-electron chi connectivity index (χ0n) is 14.2. The predicted molar refractivity (Wildman–Crippen MR) is 90.0 cm³/mol. The lowest BCUT2D eigenvalue weighted by Gasteiger charge is -2.32. The second-order valence-corrected chi connectivity index (χ2v) is 6.43. The van der Waals surface area contributed by atoms with E-state index >= 15 is 0 Å². The largest absolute Gasteiger partial charge is 0.349 e. The second kappa shape index (κ2) is 6.26. The van der Waals surface area contributed by atoms with Gasteiger partial charge in [-0.15, -0.1) is 0 Å². The van der Waals surface area contributed by atoms with E-state index in [-0.39, 0.29) is 0 Å². The average Bonchev–Trinajstić information content (AvgIpc) is 3.04. The van der Waals surface area contributed by atoms with Crippen LogP contribution in [-0.4, -0.2) is 63.9 Å². The summed E-state index contributed by atoms with van der Waals surface area (Å²) >= 11 is 0. The molecule has 0 amide bonds. The first-order chi connectivity index (χ1) is 10.6. The molecule has 0 atom stereocenters. The van der Waals surface area contributed by atoms with Crippen LogP contribution in [-0.2, 0) is 13.6 Å². The lowest BCUT2D eigenvalue weighted by atomic mass is 10.2. The number of aryl methyl sites for hydroxylation is 1. The Balaban J connectivity index is 1.71. The van der Waals surface area contributed by atoms with Gasteiger partial charge in [-0.3, -0.25) is 9.58 Å². The molecule has 2 aromatic rings. The number of aromatic nitrogens is 3. The monoisotopic (exact) mass is 301 g/mol. The zero-order valence-corrected chi connectivity index (χ0v) is 14.2. The van der Waals surface area contributed by atoms with Crippen LogP contribution in [0.1, 0.15) is 11.3 Å². The predicted octanol–water partition coefficient (Wildman–Crippen LogP) is 1.75. The third-order valence-corrected chi connectivity index (χ3v) is 4.92. The number of likely N-dealkylation sites (N-methyl/N-ethyl adjacent to an activating group) is 1. The molecule has 1 aliphatic heterocycles. The molecule has 3 rings (SSSR count). The molecule has 0 aliphatic carbocycles. The van der Waals surface area contributed by atoms with E-state index in [4.69, 9.17) is 5.10 Å². The van der Waals surface area contributed by atoms with Crippen LogP contribution in [0.5, 0.6) is 0 Å². The Kier molecular flexibility index (Phi) is 4.36. The number of nitrogens with zero attached hydrogens (tertiary/aromatic N) is 5. The first kappa shape index (κ1) is 15.3. The van der Waals surface area contributed by atoms with E-state index in [0.717, 1.165) is 18.8 Å². The highest BCUT2D eigenvalue weighted by Gasteiger charge is 2.17. The smallest absolute Gasteiger partial charge is 0.112 e.